The van der Waals surface area contributed by atoms with Gasteiger partial charge in [-0.2, -0.15) is 0 Å². The third kappa shape index (κ3) is 7.97. The number of carbonyl (C=O) groups is 1. The Morgan fingerprint density at radius 3 is 2.40 bits per heavy atom. The molecule has 35 heavy (non-hydrogen) atoms. The molecule has 5 nitrogen and oxygen atoms in total. The molecule has 0 bridgehead atoms. The van der Waals surface area contributed by atoms with Crippen molar-refractivity contribution in [3.63, 3.8) is 0 Å². The Bertz CT molecular complexity index is 1150. The van der Waals surface area contributed by atoms with Gasteiger partial charge in [-0.05, 0) is 60.1 Å². The predicted molar refractivity (Wildman–Crippen MR) is 143 cm³/mol. The van der Waals surface area contributed by atoms with Crippen LogP contribution in [0.2, 0.25) is 0 Å². The normalized spacial score (nSPS) is 16.1. The molecular formula is C27H37FN2O3S2. The molecule has 1 atom stereocenters. The van der Waals surface area contributed by atoms with E-state index in [1.807, 2.05) is 11.8 Å². The lowest BCUT2D eigenvalue weighted by atomic mass is 9.86. The van der Waals surface area contributed by atoms with Gasteiger partial charge in [-0.1, -0.05) is 58.2 Å². The average Bonchev–Trinajstić information content (AvgIpc) is 2.78. The predicted octanol–water partition coefficient (Wildman–Crippen LogP) is 6.34. The maximum atomic E-state index is 14.4. The highest BCUT2D eigenvalue weighted by Crippen LogP contribution is 2.37. The van der Waals surface area contributed by atoms with Crippen molar-refractivity contribution >= 4 is 33.4 Å². The monoisotopic (exact) mass is 520 g/mol. The molecule has 0 spiro atoms. The first-order valence-corrected chi connectivity index (χ1v) is 15.0. The molecule has 2 N–H and O–H groups in total. The van der Waals surface area contributed by atoms with Crippen LogP contribution in [0.1, 0.15) is 82.4 Å². The van der Waals surface area contributed by atoms with Gasteiger partial charge < -0.3 is 5.32 Å². The second-order valence-electron chi connectivity index (χ2n) is 10.5. The quantitative estimate of drug-likeness (QED) is 0.426. The van der Waals surface area contributed by atoms with E-state index in [4.69, 9.17) is 0 Å². The maximum absolute atomic E-state index is 14.4. The SMILES string of the molecule is C[C@@H](C(=O)NCc1ccc(C(C)(C)C)cc1SC1CCCCC1)c1ccc(NS(C)(=O)=O)c(F)c1. The van der Waals surface area contributed by atoms with E-state index in [-0.39, 0.29) is 17.0 Å². The minimum absolute atomic E-state index is 0.0420. The summed E-state index contributed by atoms with van der Waals surface area (Å²) in [7, 11) is -3.59. The molecule has 1 amide bonds. The maximum Gasteiger partial charge on any atom is 0.229 e. The first-order valence-electron chi connectivity index (χ1n) is 12.2. The molecule has 1 aliphatic rings. The lowest BCUT2D eigenvalue weighted by Gasteiger charge is -2.25. The first-order chi connectivity index (χ1) is 16.3. The van der Waals surface area contributed by atoms with Gasteiger partial charge in [-0.3, -0.25) is 9.52 Å². The second kappa shape index (κ2) is 11.3. The Morgan fingerprint density at radius 2 is 1.80 bits per heavy atom. The van der Waals surface area contributed by atoms with E-state index in [1.165, 1.54) is 54.7 Å². The van der Waals surface area contributed by atoms with E-state index in [2.05, 4.69) is 49.0 Å². The topological polar surface area (TPSA) is 75.3 Å². The fourth-order valence-corrected chi connectivity index (χ4v) is 6.19. The van der Waals surface area contributed by atoms with Gasteiger partial charge in [0, 0.05) is 16.7 Å². The summed E-state index contributed by atoms with van der Waals surface area (Å²) in [4.78, 5) is 14.1. The highest BCUT2D eigenvalue weighted by Gasteiger charge is 2.22. The van der Waals surface area contributed by atoms with E-state index in [1.54, 1.807) is 13.0 Å². The first kappa shape index (κ1) is 27.5. The Labute approximate surface area is 213 Å². The van der Waals surface area contributed by atoms with Crippen LogP contribution in [0, 0.1) is 5.82 Å². The lowest BCUT2D eigenvalue weighted by molar-refractivity contribution is -0.122. The van der Waals surface area contributed by atoms with Crippen molar-refractivity contribution in [3.8, 4) is 0 Å². The number of hydrogen-bond donors (Lipinski definition) is 2. The number of halogens is 1. The molecule has 0 saturated heterocycles. The number of amides is 1. The summed E-state index contributed by atoms with van der Waals surface area (Å²) in [5, 5.41) is 3.63. The molecule has 2 aromatic carbocycles. The Hall–Kier alpha value is -2.06. The van der Waals surface area contributed by atoms with Crippen molar-refractivity contribution in [1.29, 1.82) is 0 Å². The van der Waals surface area contributed by atoms with Crippen molar-refractivity contribution in [2.75, 3.05) is 11.0 Å². The standard InChI is InChI=1S/C27H37FN2O3S2/c1-18(19-12-14-24(23(28)15-19)30-35(5,32)33)26(31)29-17-20-11-13-21(27(2,3)4)16-25(20)34-22-9-7-6-8-10-22/h11-16,18,22,30H,6-10,17H2,1-5H3,(H,29,31)/t18-/m1/s1. The van der Waals surface area contributed by atoms with Gasteiger partial charge in [0.25, 0.3) is 0 Å². The molecule has 1 saturated carbocycles. The number of benzene rings is 2. The number of carbonyl (C=O) groups excluding carboxylic acids is 1. The van der Waals surface area contributed by atoms with E-state index < -0.39 is 21.8 Å². The zero-order valence-corrected chi connectivity index (χ0v) is 22.9. The number of sulfonamides is 1. The number of rotatable bonds is 8. The molecule has 1 fully saturated rings. The summed E-state index contributed by atoms with van der Waals surface area (Å²) in [5.74, 6) is -1.50. The highest BCUT2D eigenvalue weighted by molar-refractivity contribution is 8.00. The van der Waals surface area contributed by atoms with Gasteiger partial charge in [-0.15, -0.1) is 11.8 Å². The third-order valence-corrected chi connectivity index (χ3v) is 8.44. The molecule has 0 aromatic heterocycles. The Kier molecular flexibility index (Phi) is 8.91. The van der Waals surface area contributed by atoms with E-state index in [0.717, 1.165) is 11.8 Å². The largest absolute Gasteiger partial charge is 0.351 e. The van der Waals surface area contributed by atoms with Gasteiger partial charge in [0.05, 0.1) is 17.9 Å². The third-order valence-electron chi connectivity index (χ3n) is 6.41. The van der Waals surface area contributed by atoms with Crippen LogP contribution in [0.3, 0.4) is 0 Å². The van der Waals surface area contributed by atoms with Crippen LogP contribution >= 0.6 is 11.8 Å². The van der Waals surface area contributed by atoms with E-state index >= 15 is 0 Å². The lowest BCUT2D eigenvalue weighted by Crippen LogP contribution is -2.28. The van der Waals surface area contributed by atoms with Crippen molar-refractivity contribution in [2.24, 2.45) is 0 Å². The van der Waals surface area contributed by atoms with Crippen molar-refractivity contribution in [3.05, 3.63) is 58.9 Å². The minimum atomic E-state index is -3.59. The number of anilines is 1. The molecule has 3 rings (SSSR count). The van der Waals surface area contributed by atoms with Crippen LogP contribution in [-0.4, -0.2) is 25.8 Å². The van der Waals surface area contributed by atoms with Crippen LogP contribution in [0.15, 0.2) is 41.3 Å². The number of nitrogens with one attached hydrogen (secondary N) is 2. The van der Waals surface area contributed by atoms with Crippen LogP contribution in [0.4, 0.5) is 10.1 Å². The zero-order chi connectivity index (χ0) is 25.8. The average molecular weight is 521 g/mol. The molecule has 8 heteroatoms. The van der Waals surface area contributed by atoms with Gasteiger partial charge in [-0.25, -0.2) is 12.8 Å². The van der Waals surface area contributed by atoms with Crippen molar-refractivity contribution in [1.82, 2.24) is 5.32 Å². The fraction of sp³-hybridized carbons (Fsp3) is 0.519. The summed E-state index contributed by atoms with van der Waals surface area (Å²) >= 11 is 1.93. The smallest absolute Gasteiger partial charge is 0.229 e. The molecule has 2 aromatic rings. The highest BCUT2D eigenvalue weighted by atomic mass is 32.2. The van der Waals surface area contributed by atoms with Gasteiger partial charge in [0.1, 0.15) is 5.82 Å². The fourth-order valence-electron chi connectivity index (χ4n) is 4.21. The summed E-state index contributed by atoms with van der Waals surface area (Å²) in [6.07, 6.45) is 7.27. The van der Waals surface area contributed by atoms with E-state index in [0.29, 0.717) is 17.4 Å². The van der Waals surface area contributed by atoms with Crippen LogP contribution in [-0.2, 0) is 26.8 Å². The van der Waals surface area contributed by atoms with E-state index in [9.17, 15) is 17.6 Å². The van der Waals surface area contributed by atoms with Gasteiger partial charge >= 0.3 is 0 Å². The summed E-state index contributed by atoms with van der Waals surface area (Å²) < 4.78 is 39.3. The van der Waals surface area contributed by atoms with Crippen LogP contribution in [0.5, 0.6) is 0 Å². The Balaban J connectivity index is 1.72. The summed E-state index contributed by atoms with van der Waals surface area (Å²) in [6.45, 7) is 8.73. The summed E-state index contributed by atoms with van der Waals surface area (Å²) in [6, 6.07) is 10.6. The second-order valence-corrected chi connectivity index (χ2v) is 13.6. The molecule has 0 aliphatic heterocycles. The van der Waals surface area contributed by atoms with Gasteiger partial charge in [0.15, 0.2) is 0 Å². The molecule has 1 aliphatic carbocycles. The zero-order valence-electron chi connectivity index (χ0n) is 21.3. The molecule has 0 heterocycles. The molecule has 192 valence electrons. The summed E-state index contributed by atoms with van der Waals surface area (Å²) in [5.41, 5.74) is 2.76. The molecular weight excluding hydrogens is 483 g/mol. The minimum Gasteiger partial charge on any atom is -0.351 e. The Morgan fingerprint density at radius 1 is 1.11 bits per heavy atom. The van der Waals surface area contributed by atoms with Crippen LogP contribution in [0.25, 0.3) is 0 Å². The van der Waals surface area contributed by atoms with Gasteiger partial charge in [0.2, 0.25) is 15.9 Å². The van der Waals surface area contributed by atoms with Crippen LogP contribution < -0.4 is 10.0 Å². The molecule has 0 unspecified atom stereocenters. The van der Waals surface area contributed by atoms with Crippen molar-refractivity contribution in [2.45, 2.75) is 87.8 Å². The number of thioether (sulfide) groups is 1. The number of hydrogen-bond acceptors (Lipinski definition) is 4. The van der Waals surface area contributed by atoms with Crippen molar-refractivity contribution < 1.29 is 17.6 Å². The molecule has 0 radical (unpaired) electrons.